The van der Waals surface area contributed by atoms with Gasteiger partial charge in [-0.05, 0) is 0 Å². The Morgan fingerprint density at radius 1 is 0.872 bits per heavy atom. The van der Waals surface area contributed by atoms with Gasteiger partial charge in [-0.25, -0.2) is 0 Å². The second-order valence-electron chi connectivity index (χ2n) is 13.7. The van der Waals surface area contributed by atoms with Crippen LogP contribution in [-0.4, -0.2) is 3.21 Å². The minimum Gasteiger partial charge on any atom is -0.147 e. The van der Waals surface area contributed by atoms with E-state index in [-0.39, 0.29) is 41.1 Å². The summed E-state index contributed by atoms with van der Waals surface area (Å²) in [5.74, 6) is 0. The average Bonchev–Trinajstić information content (AvgIpc) is 3.44. The molecule has 39 heavy (non-hydrogen) atoms. The summed E-state index contributed by atoms with van der Waals surface area (Å²) in [7, 11) is 0. The normalized spacial score (nSPS) is 22.5. The Bertz CT molecular complexity index is 1390. The van der Waals surface area contributed by atoms with E-state index in [0.717, 1.165) is 19.3 Å². The fourth-order valence-corrected chi connectivity index (χ4v) is 12.5. The molecule has 1 saturated carbocycles. The van der Waals surface area contributed by atoms with Crippen molar-refractivity contribution in [2.45, 2.75) is 112 Å². The van der Waals surface area contributed by atoms with Crippen molar-refractivity contribution in [3.05, 3.63) is 78.0 Å². The summed E-state index contributed by atoms with van der Waals surface area (Å²) in [6.07, 6.45) is 20.9. The van der Waals surface area contributed by atoms with Crippen LogP contribution < -0.4 is 10.4 Å². The third kappa shape index (κ3) is 5.68. The van der Waals surface area contributed by atoms with E-state index in [9.17, 15) is 0 Å². The van der Waals surface area contributed by atoms with E-state index in [1.165, 1.54) is 53.7 Å². The Balaban J connectivity index is 0.00000210. The molecule has 1 unspecified atom stereocenters. The minimum atomic E-state index is -0.895. The zero-order valence-corrected chi connectivity index (χ0v) is 29.6. The molecule has 0 nitrogen and oxygen atoms in total. The van der Waals surface area contributed by atoms with Crippen LogP contribution in [0.2, 0.25) is 0 Å². The molecule has 0 amide bonds. The van der Waals surface area contributed by atoms with Gasteiger partial charge in [0.05, 0.1) is 0 Å². The number of hydrogen-bond donors (Lipinski definition) is 0. The quantitative estimate of drug-likeness (QED) is 0.307. The summed E-state index contributed by atoms with van der Waals surface area (Å²) in [5.41, 5.74) is 9.91. The predicted octanol–water partition coefficient (Wildman–Crippen LogP) is 9.29. The topological polar surface area (TPSA) is 0 Å². The van der Waals surface area contributed by atoms with Crippen LogP contribution in [0.4, 0.5) is 0 Å². The van der Waals surface area contributed by atoms with Gasteiger partial charge in [0.15, 0.2) is 0 Å². The van der Waals surface area contributed by atoms with Gasteiger partial charge in [0.1, 0.15) is 0 Å². The average molecular weight is 644 g/mol. The zero-order chi connectivity index (χ0) is 26.6. The van der Waals surface area contributed by atoms with Gasteiger partial charge in [0.25, 0.3) is 0 Å². The van der Waals surface area contributed by atoms with E-state index in [0.29, 0.717) is 0 Å². The zero-order valence-electron chi connectivity index (χ0n) is 25.5. The number of rotatable bonds is 4. The Kier molecular flexibility index (Phi) is 10.3. The fraction of sp³-hybridized carbons (Fsp3) is 0.528. The van der Waals surface area contributed by atoms with Crippen LogP contribution >= 0.6 is 24.8 Å². The molecular formula is C36H49Cl2Zr. The predicted molar refractivity (Wildman–Crippen MR) is 173 cm³/mol. The van der Waals surface area contributed by atoms with Gasteiger partial charge in [-0.15, -0.1) is 24.8 Å². The van der Waals surface area contributed by atoms with Crippen molar-refractivity contribution in [2.24, 2.45) is 10.8 Å². The van der Waals surface area contributed by atoms with Crippen LogP contribution in [0, 0.1) is 10.8 Å². The third-order valence-corrected chi connectivity index (χ3v) is 13.8. The molecule has 1 atom stereocenters. The molecule has 0 aromatic heterocycles. The molecule has 3 heteroatoms. The first-order valence-corrected chi connectivity index (χ1v) is 17.3. The fourth-order valence-electron chi connectivity index (χ4n) is 7.30. The van der Waals surface area contributed by atoms with Gasteiger partial charge >= 0.3 is 239 Å². The van der Waals surface area contributed by atoms with Crippen molar-refractivity contribution in [1.82, 2.24) is 0 Å². The first-order valence-electron chi connectivity index (χ1n) is 14.9. The second-order valence-corrected chi connectivity index (χ2v) is 17.3. The Hall–Kier alpha value is -0.747. The molecule has 5 rings (SSSR count). The van der Waals surface area contributed by atoms with E-state index < -0.39 is 22.8 Å². The van der Waals surface area contributed by atoms with Crippen molar-refractivity contribution in [2.75, 3.05) is 0 Å². The molecular weight excluding hydrogens is 595 g/mol. The van der Waals surface area contributed by atoms with Crippen molar-refractivity contribution in [3.63, 3.8) is 0 Å². The Labute approximate surface area is 261 Å². The van der Waals surface area contributed by atoms with E-state index >= 15 is 0 Å². The summed E-state index contributed by atoms with van der Waals surface area (Å²) >= 11 is -0.895. The molecule has 1 aromatic rings. The number of benzene rings is 1. The van der Waals surface area contributed by atoms with Gasteiger partial charge in [0, 0.05) is 0 Å². The van der Waals surface area contributed by atoms with Crippen molar-refractivity contribution in [1.29, 1.82) is 0 Å². The summed E-state index contributed by atoms with van der Waals surface area (Å²) in [5, 5.41) is 2.90. The summed E-state index contributed by atoms with van der Waals surface area (Å²) < 4.78 is 3.82. The second kappa shape index (κ2) is 12.2. The molecule has 0 aliphatic heterocycles. The molecule has 1 fully saturated rings. The molecule has 0 spiro atoms. The van der Waals surface area contributed by atoms with Crippen LogP contribution in [0.5, 0.6) is 0 Å². The molecule has 0 N–H and O–H groups in total. The van der Waals surface area contributed by atoms with Gasteiger partial charge in [0.2, 0.25) is 0 Å². The molecule has 4 aliphatic carbocycles. The maximum absolute atomic E-state index is 2.70. The van der Waals surface area contributed by atoms with Gasteiger partial charge in [-0.3, -0.25) is 0 Å². The minimum absolute atomic E-state index is 0. The molecule has 4 aliphatic rings. The van der Waals surface area contributed by atoms with E-state index in [2.05, 4.69) is 97.9 Å². The Morgan fingerprint density at radius 2 is 1.56 bits per heavy atom. The van der Waals surface area contributed by atoms with Crippen LogP contribution in [0.1, 0.15) is 112 Å². The van der Waals surface area contributed by atoms with E-state index in [1.807, 2.05) is 6.49 Å². The van der Waals surface area contributed by atoms with Gasteiger partial charge < -0.3 is 0 Å². The third-order valence-electron chi connectivity index (χ3n) is 9.42. The first-order chi connectivity index (χ1) is 17.5. The standard InChI is InChI=1S/C30H37.C6H10.2ClH.Zr/c1-9-20-11-14-27(24(20)10-2)30(29(6,7)8)16-15-26-22(19-30)17-21-18-23(28(3,4)5)12-13-25(21)26;1-2-4-6-5-3-1;;;/h11-13,15-18H,9-10,14H2,1-8H3;1-5H2;2*1H;. The van der Waals surface area contributed by atoms with Crippen LogP contribution in [-0.2, 0) is 28.2 Å². The molecule has 0 radical (unpaired) electrons. The number of allylic oxidation sites excluding steroid dienone is 8. The van der Waals surface area contributed by atoms with E-state index in [4.69, 9.17) is 0 Å². The van der Waals surface area contributed by atoms with Crippen molar-refractivity contribution >= 4 is 39.7 Å². The van der Waals surface area contributed by atoms with Crippen LogP contribution in [0.3, 0.4) is 0 Å². The van der Waals surface area contributed by atoms with E-state index in [1.54, 1.807) is 22.3 Å². The molecule has 1 aromatic carbocycles. The van der Waals surface area contributed by atoms with Gasteiger partial charge in [-0.1, -0.05) is 0 Å². The number of halogens is 2. The summed E-state index contributed by atoms with van der Waals surface area (Å²) in [6.45, 7) is 19.3. The SMILES string of the molecule is CCC1=CCC(C2(C(C)(C)C)C=CC3=c4ccc(C(C)(C)C)cc4=CC3=[C]2[Zr]=[C]2CCCCC2)=C1CC.Cl.Cl. The summed E-state index contributed by atoms with van der Waals surface area (Å²) in [6, 6.07) is 7.28. The monoisotopic (exact) mass is 641 g/mol. The maximum Gasteiger partial charge on any atom is -0.147 e. The maximum atomic E-state index is 2.70. The molecule has 0 bridgehead atoms. The van der Waals surface area contributed by atoms with Gasteiger partial charge in [-0.2, -0.15) is 0 Å². The largest absolute Gasteiger partial charge is 0.147 e. The molecule has 0 heterocycles. The Morgan fingerprint density at radius 3 is 2.15 bits per heavy atom. The van der Waals surface area contributed by atoms with Crippen molar-refractivity contribution < 1.29 is 22.8 Å². The van der Waals surface area contributed by atoms with Crippen LogP contribution in [0.25, 0.3) is 11.6 Å². The number of hydrogen-bond acceptors (Lipinski definition) is 0. The molecule has 0 saturated heterocycles. The number of fused-ring (bicyclic) bond motifs is 2. The van der Waals surface area contributed by atoms with Crippen molar-refractivity contribution in [3.8, 4) is 0 Å². The first kappa shape index (κ1) is 32.8. The summed E-state index contributed by atoms with van der Waals surface area (Å²) in [4.78, 5) is 0. The molecule has 211 valence electrons. The smallest absolute Gasteiger partial charge is 0.147 e. The van der Waals surface area contributed by atoms with Crippen LogP contribution in [0.15, 0.2) is 62.0 Å².